The van der Waals surface area contributed by atoms with Crippen LogP contribution in [0.5, 0.6) is 0 Å². The molecule has 18 heavy (non-hydrogen) atoms. The number of benzene rings is 2. The molecule has 0 unspecified atom stereocenters. The van der Waals surface area contributed by atoms with Crippen LogP contribution in [0.1, 0.15) is 16.7 Å². The number of aryl methyl sites for hydroxylation is 1. The molecule has 0 radical (unpaired) electrons. The molecule has 3 heteroatoms. The average molecular weight is 257 g/mol. The summed E-state index contributed by atoms with van der Waals surface area (Å²) in [7, 11) is 0. The topological polar surface area (TPSA) is 27.1 Å². The van der Waals surface area contributed by atoms with E-state index in [1.165, 1.54) is 5.56 Å². The summed E-state index contributed by atoms with van der Waals surface area (Å²) in [5, 5.41) is 8.98. The molecule has 0 aliphatic carbocycles. The van der Waals surface area contributed by atoms with Crippen molar-refractivity contribution in [2.24, 2.45) is 0 Å². The number of nitrogens with zero attached hydrogens (tertiary/aromatic N) is 1. The van der Waals surface area contributed by atoms with Gasteiger partial charge in [-0.1, -0.05) is 41.9 Å². The molecule has 2 aromatic rings. The van der Waals surface area contributed by atoms with Crippen LogP contribution in [-0.2, 0) is 6.54 Å². The third-order valence-corrected chi connectivity index (χ3v) is 3.75. The zero-order valence-corrected chi connectivity index (χ0v) is 10.8. The van der Waals surface area contributed by atoms with E-state index < -0.39 is 0 Å². The molecular formula is C15H13ClN2. The second kappa shape index (κ2) is 4.14. The van der Waals surface area contributed by atoms with Crippen LogP contribution in [0.15, 0.2) is 42.5 Å². The van der Waals surface area contributed by atoms with Gasteiger partial charge in [0.15, 0.2) is 0 Å². The highest BCUT2D eigenvalue weighted by atomic mass is 35.5. The molecule has 0 aromatic heterocycles. The Labute approximate surface area is 111 Å². The lowest BCUT2D eigenvalue weighted by Gasteiger charge is -2.18. The van der Waals surface area contributed by atoms with Crippen LogP contribution in [0.4, 0.5) is 5.69 Å². The summed E-state index contributed by atoms with van der Waals surface area (Å²) in [6.07, 6.45) is 0. The predicted octanol–water partition coefficient (Wildman–Crippen LogP) is 3.99. The first kappa shape index (κ1) is 11.3. The van der Waals surface area contributed by atoms with Crippen LogP contribution in [0.25, 0.3) is 0 Å². The lowest BCUT2D eigenvalue weighted by atomic mass is 10.1. The second-order valence-electron chi connectivity index (χ2n) is 4.53. The van der Waals surface area contributed by atoms with Crippen LogP contribution in [0.3, 0.4) is 0 Å². The fourth-order valence-corrected chi connectivity index (χ4v) is 2.43. The van der Waals surface area contributed by atoms with Crippen LogP contribution >= 0.6 is 11.6 Å². The first-order valence-electron chi connectivity index (χ1n) is 5.87. The Balaban J connectivity index is 2.01. The van der Waals surface area contributed by atoms with Gasteiger partial charge in [0.1, 0.15) is 5.84 Å². The van der Waals surface area contributed by atoms with Crippen molar-refractivity contribution in [3.05, 3.63) is 64.2 Å². The van der Waals surface area contributed by atoms with Crippen LogP contribution < -0.4 is 4.90 Å². The summed E-state index contributed by atoms with van der Waals surface area (Å²) in [5.41, 5.74) is 4.24. The number of rotatable bonds is 1. The zero-order chi connectivity index (χ0) is 12.7. The van der Waals surface area contributed by atoms with Crippen molar-refractivity contribution < 1.29 is 0 Å². The van der Waals surface area contributed by atoms with E-state index >= 15 is 0 Å². The van der Waals surface area contributed by atoms with Crippen molar-refractivity contribution in [2.45, 2.75) is 13.5 Å². The van der Waals surface area contributed by atoms with E-state index in [1.807, 2.05) is 48.2 Å². The normalized spacial score (nSPS) is 13.9. The standard InChI is InChI=1S/C15H13ClN2/c1-10-6-7-12(8-14(10)16)18-9-11-4-2-3-5-13(11)15(18)17/h2-8,17H,9H2,1H3. The van der Waals surface area contributed by atoms with Gasteiger partial charge in [-0.15, -0.1) is 0 Å². The minimum atomic E-state index is 0.547. The van der Waals surface area contributed by atoms with Crippen molar-refractivity contribution in [3.8, 4) is 0 Å². The predicted molar refractivity (Wildman–Crippen MR) is 75.6 cm³/mol. The molecule has 1 aliphatic heterocycles. The molecular weight excluding hydrogens is 244 g/mol. The fourth-order valence-electron chi connectivity index (χ4n) is 2.25. The van der Waals surface area contributed by atoms with Crippen molar-refractivity contribution in [3.63, 3.8) is 0 Å². The van der Waals surface area contributed by atoms with Crippen LogP contribution in [0.2, 0.25) is 5.02 Å². The largest absolute Gasteiger partial charge is 0.322 e. The maximum atomic E-state index is 8.23. The highest BCUT2D eigenvalue weighted by molar-refractivity contribution is 6.31. The smallest absolute Gasteiger partial charge is 0.133 e. The number of fused-ring (bicyclic) bond motifs is 1. The van der Waals surface area contributed by atoms with E-state index in [4.69, 9.17) is 17.0 Å². The van der Waals surface area contributed by atoms with Gasteiger partial charge in [0.2, 0.25) is 0 Å². The van der Waals surface area contributed by atoms with Crippen LogP contribution in [-0.4, -0.2) is 5.84 Å². The molecule has 3 rings (SSSR count). The van der Waals surface area contributed by atoms with Gasteiger partial charge in [0.25, 0.3) is 0 Å². The summed E-state index contributed by atoms with van der Waals surface area (Å²) in [5.74, 6) is 0.547. The summed E-state index contributed by atoms with van der Waals surface area (Å²) in [6, 6.07) is 14.0. The van der Waals surface area contributed by atoms with E-state index in [2.05, 4.69) is 6.07 Å². The van der Waals surface area contributed by atoms with Crippen molar-refractivity contribution in [1.82, 2.24) is 0 Å². The number of nitrogens with one attached hydrogen (secondary N) is 1. The van der Waals surface area contributed by atoms with Crippen molar-refractivity contribution >= 4 is 23.1 Å². The number of amidine groups is 1. The molecule has 90 valence electrons. The van der Waals surface area contributed by atoms with Gasteiger partial charge >= 0.3 is 0 Å². The third kappa shape index (κ3) is 1.70. The Morgan fingerprint density at radius 3 is 2.67 bits per heavy atom. The Morgan fingerprint density at radius 2 is 1.94 bits per heavy atom. The lowest BCUT2D eigenvalue weighted by Crippen LogP contribution is -2.22. The van der Waals surface area contributed by atoms with Gasteiger partial charge in [-0.3, -0.25) is 5.41 Å². The molecule has 0 saturated carbocycles. The van der Waals surface area contributed by atoms with Gasteiger partial charge < -0.3 is 4.90 Å². The molecule has 0 saturated heterocycles. The summed E-state index contributed by atoms with van der Waals surface area (Å²) in [6.45, 7) is 2.73. The van der Waals surface area contributed by atoms with Crippen molar-refractivity contribution in [1.29, 1.82) is 5.41 Å². The number of halogens is 1. The van der Waals surface area contributed by atoms with Gasteiger partial charge in [-0.05, 0) is 30.2 Å². The van der Waals surface area contributed by atoms with E-state index in [0.29, 0.717) is 5.84 Å². The lowest BCUT2D eigenvalue weighted by molar-refractivity contribution is 1.05. The Kier molecular flexibility index (Phi) is 2.60. The zero-order valence-electron chi connectivity index (χ0n) is 10.1. The van der Waals surface area contributed by atoms with Gasteiger partial charge in [-0.25, -0.2) is 0 Å². The molecule has 2 nitrogen and oxygen atoms in total. The molecule has 0 bridgehead atoms. The molecule has 0 amide bonds. The van der Waals surface area contributed by atoms with E-state index in [0.717, 1.165) is 28.4 Å². The Bertz CT molecular complexity index is 634. The number of anilines is 1. The quantitative estimate of drug-likeness (QED) is 0.821. The van der Waals surface area contributed by atoms with Crippen molar-refractivity contribution in [2.75, 3.05) is 4.90 Å². The monoisotopic (exact) mass is 256 g/mol. The number of hydrogen-bond donors (Lipinski definition) is 1. The van der Waals surface area contributed by atoms with Gasteiger partial charge in [-0.2, -0.15) is 0 Å². The van der Waals surface area contributed by atoms with E-state index in [9.17, 15) is 0 Å². The SMILES string of the molecule is Cc1ccc(N2Cc3ccccc3C2=N)cc1Cl. The summed E-state index contributed by atoms with van der Waals surface area (Å²) >= 11 is 6.15. The maximum Gasteiger partial charge on any atom is 0.133 e. The molecule has 2 aromatic carbocycles. The first-order valence-corrected chi connectivity index (χ1v) is 6.25. The fraction of sp³-hybridized carbons (Fsp3) is 0.133. The number of hydrogen-bond acceptors (Lipinski definition) is 1. The molecule has 0 atom stereocenters. The van der Waals surface area contributed by atoms with Gasteiger partial charge in [0, 0.05) is 16.3 Å². The Hall–Kier alpha value is -1.80. The molecule has 0 spiro atoms. The molecule has 1 N–H and O–H groups in total. The summed E-state index contributed by atoms with van der Waals surface area (Å²) < 4.78 is 0. The van der Waals surface area contributed by atoms with Gasteiger partial charge in [0.05, 0.1) is 6.54 Å². The summed E-state index contributed by atoms with van der Waals surface area (Å²) in [4.78, 5) is 1.98. The minimum absolute atomic E-state index is 0.547. The minimum Gasteiger partial charge on any atom is -0.322 e. The van der Waals surface area contributed by atoms with Crippen LogP contribution in [0, 0.1) is 12.3 Å². The van der Waals surface area contributed by atoms with E-state index in [1.54, 1.807) is 0 Å². The second-order valence-corrected chi connectivity index (χ2v) is 4.93. The highest BCUT2D eigenvalue weighted by Gasteiger charge is 2.24. The molecule has 1 heterocycles. The third-order valence-electron chi connectivity index (χ3n) is 3.34. The maximum absolute atomic E-state index is 8.23. The molecule has 1 aliphatic rings. The molecule has 0 fully saturated rings. The highest BCUT2D eigenvalue weighted by Crippen LogP contribution is 2.30. The average Bonchev–Trinajstić information content (AvgIpc) is 2.71. The Morgan fingerprint density at radius 1 is 1.17 bits per heavy atom. The van der Waals surface area contributed by atoms with E-state index in [-0.39, 0.29) is 0 Å². The first-order chi connectivity index (χ1) is 8.66.